The summed E-state index contributed by atoms with van der Waals surface area (Å²) in [7, 11) is 0. The molecule has 0 bridgehead atoms. The molecule has 10 fully saturated rings. The van der Waals surface area contributed by atoms with Gasteiger partial charge >= 0.3 is 0 Å². The molecule has 698 valence electrons. The van der Waals surface area contributed by atoms with E-state index >= 15 is 0 Å². The minimum atomic E-state index is -0.944. The van der Waals surface area contributed by atoms with E-state index in [1.54, 1.807) is 34.6 Å². The summed E-state index contributed by atoms with van der Waals surface area (Å²) in [6.07, 6.45) is 30.6. The molecule has 4 heterocycles. The van der Waals surface area contributed by atoms with Gasteiger partial charge in [-0.2, -0.15) is 0 Å². The van der Waals surface area contributed by atoms with Crippen molar-refractivity contribution in [1.29, 1.82) is 0 Å². The zero-order valence-corrected chi connectivity index (χ0v) is 85.7. The molecule has 0 aromatic heterocycles. The van der Waals surface area contributed by atoms with Gasteiger partial charge in [0.15, 0.2) is 0 Å². The van der Waals surface area contributed by atoms with Crippen LogP contribution in [0.2, 0.25) is 0 Å². The molecule has 10 rings (SSSR count). The Bertz CT molecular complexity index is 4800. The third-order valence-corrected chi connectivity index (χ3v) is 26.2. The number of hydrogen-bond donors (Lipinski definition) is 0. The average molecular weight is 1770 g/mol. The van der Waals surface area contributed by atoms with E-state index in [4.69, 9.17) is 37.9 Å². The quantitative estimate of drug-likeness (QED) is 0.244. The lowest BCUT2D eigenvalue weighted by Gasteiger charge is -2.41. The van der Waals surface area contributed by atoms with Crippen molar-refractivity contribution >= 4 is 0 Å². The lowest BCUT2D eigenvalue weighted by atomic mass is 9.63. The molecule has 3 atom stereocenters. The minimum absolute atomic E-state index is 0.0790. The second kappa shape index (κ2) is 61.0. The summed E-state index contributed by atoms with van der Waals surface area (Å²) in [6.45, 7) is 55.4. The molecule has 6 saturated carbocycles. The van der Waals surface area contributed by atoms with Crippen molar-refractivity contribution in [2.75, 3.05) is 52.9 Å². The van der Waals surface area contributed by atoms with Gasteiger partial charge in [0.1, 0.15) is 0 Å². The number of rotatable bonds is 6. The Hall–Kier alpha value is -10.0. The number of ether oxygens (including phenoxy) is 8. The SMILES string of the molecule is CC#CC#CC1(C)CCC(C)(C#CC#CC)CC1.CC#CC#CC1(C)CCC(C)CC1.CC#CC#CC1(C)CCC(CC2(C#CC#CC)CCC(C)CC2)CC1.CC#CC#CC1(C)CCC(CC2(C#CC#CC)OCC(C)CO2)CC1.CC#CC#CC1(C)OCC(C)CO1.CC#CC#CC1(C)OCC(CC2(C#CC#CC)OCC(C)CO2)CO1.CC#CC#CC1C[C@H](C)CC[C@H]1C. The zero-order valence-electron chi connectivity index (χ0n) is 85.7. The fourth-order valence-electron chi connectivity index (χ4n) is 17.0. The predicted octanol–water partition coefficient (Wildman–Crippen LogP) is 23.4. The van der Waals surface area contributed by atoms with E-state index in [0.717, 1.165) is 87.4 Å². The fraction of sp³-hybridized carbons (Fsp3) is 0.645. The molecule has 132 heavy (non-hydrogen) atoms. The van der Waals surface area contributed by atoms with Crippen molar-refractivity contribution < 1.29 is 37.9 Å². The molecule has 4 aliphatic heterocycles. The number of hydrogen-bond acceptors (Lipinski definition) is 8. The first-order valence-electron chi connectivity index (χ1n) is 48.5. The molecule has 6 aliphatic carbocycles. The largest absolute Gasteiger partial charge is 0.339 e. The van der Waals surface area contributed by atoms with E-state index in [1.165, 1.54) is 103 Å². The molecule has 0 N–H and O–H groups in total. The van der Waals surface area contributed by atoms with Crippen molar-refractivity contribution in [3.63, 3.8) is 0 Å². The van der Waals surface area contributed by atoms with Crippen LogP contribution in [0, 0.1) is 358 Å². The molecule has 8 nitrogen and oxygen atoms in total. The van der Waals surface area contributed by atoms with Gasteiger partial charge in [-0.1, -0.05) is 161 Å². The van der Waals surface area contributed by atoms with Crippen LogP contribution >= 0.6 is 0 Å². The lowest BCUT2D eigenvalue weighted by molar-refractivity contribution is -0.279. The molecular weight excluding hydrogens is 1620 g/mol. The minimum Gasteiger partial charge on any atom is -0.339 e. The van der Waals surface area contributed by atoms with Gasteiger partial charge in [-0.05, 0) is 448 Å². The predicted molar refractivity (Wildman–Crippen MR) is 544 cm³/mol. The molecule has 0 amide bonds. The maximum absolute atomic E-state index is 6.05. The van der Waals surface area contributed by atoms with E-state index < -0.39 is 23.1 Å². The van der Waals surface area contributed by atoms with Gasteiger partial charge in [-0.3, -0.25) is 0 Å². The monoisotopic (exact) mass is 1770 g/mol. The first-order chi connectivity index (χ1) is 63.1. The van der Waals surface area contributed by atoms with E-state index in [0.29, 0.717) is 88.9 Å². The Balaban J connectivity index is 0.000000328. The Morgan fingerprint density at radius 1 is 0.212 bits per heavy atom. The first kappa shape index (κ1) is 114. The summed E-state index contributed by atoms with van der Waals surface area (Å²) in [4.78, 5) is 0. The van der Waals surface area contributed by atoms with Crippen molar-refractivity contribution in [3.05, 3.63) is 0 Å². The Morgan fingerprint density at radius 2 is 0.470 bits per heavy atom. The second-order valence-electron chi connectivity index (χ2n) is 39.4. The van der Waals surface area contributed by atoms with Crippen LogP contribution in [0.5, 0.6) is 0 Å². The molecule has 0 radical (unpaired) electrons. The van der Waals surface area contributed by atoms with Crippen LogP contribution in [0.1, 0.15) is 340 Å². The van der Waals surface area contributed by atoms with E-state index in [1.807, 2.05) is 55.4 Å². The standard InChI is InChI=1S/C25H32.C23H28O2.C21H24O4.C18H20.2C13H18.C11H14O2/c1-5-7-9-15-24(4)17-13-23(14-18-24)21-25(16-10-8-6-2)19-11-22(3)12-20-25;1-5-7-9-13-22(4)15-11-21(12-16-22)17-23(14-10-8-6-2)24-18-20(3)19-25-23;1-5-7-9-11-20(4)22-16-19(17-23-20)13-21(12-10-8-6-2)24-14-18(3)15-25-21;1-5-7-9-11-17(3)13-15-18(4,16-14-17)12-10-8-6-2;1-4-5-6-9-13(3)10-7-12(2)8-11-13;1-4-5-6-7-13-10-11(2)8-9-12(13)3;1-4-5-6-7-11(3)12-8-10(2)9-13-11/h22-23H,11-14,17-21H2,1-4H3;20-21H,11-12,15-19H2,1-4H3;18-19H,13-17H2,1-4H3;13-16H2,1-4H3;12H,7-8,10-11H2,1-3H3;11-13H,8-10H2,1-3H3;10H,8-9H2,1-3H3/t;;;;;11-,12-,13?;/m.....1./s1. The van der Waals surface area contributed by atoms with Crippen LogP contribution in [0.15, 0.2) is 0 Å². The van der Waals surface area contributed by atoms with Crippen LogP contribution < -0.4 is 0 Å². The Labute approximate surface area is 806 Å². The van der Waals surface area contributed by atoms with Crippen LogP contribution in [0.4, 0.5) is 0 Å². The van der Waals surface area contributed by atoms with Crippen LogP contribution in [-0.4, -0.2) is 76.0 Å². The molecule has 4 saturated heterocycles. The van der Waals surface area contributed by atoms with Crippen molar-refractivity contribution in [2.45, 2.75) is 363 Å². The summed E-state index contributed by atoms with van der Waals surface area (Å²) < 4.78 is 46.5. The van der Waals surface area contributed by atoms with Gasteiger partial charge in [0.2, 0.25) is 23.1 Å². The summed E-state index contributed by atoms with van der Waals surface area (Å²) in [5.74, 6) is 133. The zero-order chi connectivity index (χ0) is 97.2. The molecule has 8 heteroatoms. The van der Waals surface area contributed by atoms with Crippen LogP contribution in [0.25, 0.3) is 0 Å². The lowest BCUT2D eigenvalue weighted by Crippen LogP contribution is -2.48. The third-order valence-electron chi connectivity index (χ3n) is 26.2. The van der Waals surface area contributed by atoms with E-state index in [-0.39, 0.29) is 38.4 Å². The molecule has 0 aromatic rings. The van der Waals surface area contributed by atoms with Crippen LogP contribution in [0.3, 0.4) is 0 Å². The Morgan fingerprint density at radius 3 is 0.803 bits per heavy atom. The highest BCUT2D eigenvalue weighted by atomic mass is 16.7. The van der Waals surface area contributed by atoms with Gasteiger partial charge in [0.25, 0.3) is 0 Å². The Kier molecular flexibility index (Phi) is 52.8. The highest BCUT2D eigenvalue weighted by Gasteiger charge is 2.44. The molecular formula is C124H154O8. The summed E-state index contributed by atoms with van der Waals surface area (Å²) in [6, 6.07) is 0. The maximum atomic E-state index is 6.05. The molecule has 0 spiro atoms. The molecule has 1 unspecified atom stereocenters. The first-order valence-corrected chi connectivity index (χ1v) is 48.5. The van der Waals surface area contributed by atoms with Crippen molar-refractivity contribution in [2.24, 2.45) is 97.6 Å². The highest BCUT2D eigenvalue weighted by molar-refractivity contribution is 5.36. The van der Waals surface area contributed by atoms with Gasteiger partial charge in [-0.25, -0.2) is 0 Å². The normalized spacial score (nSPS) is 32.8. The van der Waals surface area contributed by atoms with Crippen molar-refractivity contribution in [3.8, 4) is 260 Å². The van der Waals surface area contributed by atoms with Gasteiger partial charge < -0.3 is 37.9 Å². The highest BCUT2D eigenvalue weighted by Crippen LogP contribution is 2.50. The fourth-order valence-corrected chi connectivity index (χ4v) is 17.0. The van der Waals surface area contributed by atoms with Gasteiger partial charge in [-0.15, -0.1) is 0 Å². The maximum Gasteiger partial charge on any atom is 0.234 e. The summed E-state index contributed by atoms with van der Waals surface area (Å²) in [5, 5.41) is 0. The van der Waals surface area contributed by atoms with Crippen molar-refractivity contribution in [1.82, 2.24) is 0 Å². The second-order valence-corrected chi connectivity index (χ2v) is 39.4. The summed E-state index contributed by atoms with van der Waals surface area (Å²) in [5.41, 5.74) is 0.928. The topological polar surface area (TPSA) is 73.8 Å². The van der Waals surface area contributed by atoms with Gasteiger partial charge in [0.05, 0.1) is 52.9 Å². The van der Waals surface area contributed by atoms with Crippen LogP contribution in [-0.2, 0) is 37.9 Å². The molecule has 0 aromatic carbocycles. The third kappa shape index (κ3) is 45.6. The molecule has 10 aliphatic rings. The van der Waals surface area contributed by atoms with Gasteiger partial charge in [0, 0.05) is 88.8 Å². The summed E-state index contributed by atoms with van der Waals surface area (Å²) >= 11 is 0. The van der Waals surface area contributed by atoms with E-state index in [2.05, 4.69) is 344 Å². The average Bonchev–Trinajstić information content (AvgIpc) is 0.803. The smallest absolute Gasteiger partial charge is 0.234 e. The van der Waals surface area contributed by atoms with E-state index in [9.17, 15) is 0 Å².